The van der Waals surface area contributed by atoms with Crippen LogP contribution in [-0.4, -0.2) is 29.7 Å². The zero-order valence-electron chi connectivity index (χ0n) is 14.1. The molecule has 1 aliphatic rings. The van der Waals surface area contributed by atoms with Gasteiger partial charge in [-0.2, -0.15) is 0 Å². The number of Topliss-reactive ketones (excluding diaryl/α,β-unsaturated/α-hetero) is 1. The summed E-state index contributed by atoms with van der Waals surface area (Å²) in [5, 5.41) is 0. The summed E-state index contributed by atoms with van der Waals surface area (Å²) >= 11 is 0. The van der Waals surface area contributed by atoms with Gasteiger partial charge in [0.15, 0.2) is 5.78 Å². The van der Waals surface area contributed by atoms with E-state index in [4.69, 9.17) is 0 Å². The number of amides is 1. The summed E-state index contributed by atoms with van der Waals surface area (Å²) in [5.74, 6) is 0.404. The van der Waals surface area contributed by atoms with Gasteiger partial charge in [-0.1, -0.05) is 60.2 Å². The molecule has 1 aliphatic heterocycles. The molecular formula is C21H23NO2. The van der Waals surface area contributed by atoms with E-state index in [1.54, 1.807) is 0 Å². The maximum absolute atomic E-state index is 12.5. The molecule has 0 unspecified atom stereocenters. The highest BCUT2D eigenvalue weighted by atomic mass is 16.2. The van der Waals surface area contributed by atoms with Gasteiger partial charge in [0.25, 0.3) is 0 Å². The number of ketones is 1. The summed E-state index contributed by atoms with van der Waals surface area (Å²) in [5.41, 5.74) is 3.03. The maximum atomic E-state index is 12.5. The number of carbonyl (C=O) groups excluding carboxylic acids is 2. The molecule has 1 amide bonds. The summed E-state index contributed by atoms with van der Waals surface area (Å²) in [6.45, 7) is 3.39. The lowest BCUT2D eigenvalue weighted by Crippen LogP contribution is -2.41. The van der Waals surface area contributed by atoms with E-state index in [2.05, 4.69) is 0 Å². The molecule has 3 heteroatoms. The molecule has 2 aromatic rings. The van der Waals surface area contributed by atoms with Crippen LogP contribution in [0.5, 0.6) is 0 Å². The van der Waals surface area contributed by atoms with Gasteiger partial charge in [0.1, 0.15) is 0 Å². The van der Waals surface area contributed by atoms with Crippen molar-refractivity contribution in [3.05, 3.63) is 71.3 Å². The molecule has 24 heavy (non-hydrogen) atoms. The Morgan fingerprint density at radius 3 is 2.21 bits per heavy atom. The minimum absolute atomic E-state index is 0.0378. The predicted molar refractivity (Wildman–Crippen MR) is 95.0 cm³/mol. The summed E-state index contributed by atoms with van der Waals surface area (Å²) < 4.78 is 0. The molecule has 0 bridgehead atoms. The van der Waals surface area contributed by atoms with E-state index >= 15 is 0 Å². The lowest BCUT2D eigenvalue weighted by Gasteiger charge is -2.31. The maximum Gasteiger partial charge on any atom is 0.226 e. The Morgan fingerprint density at radius 2 is 1.58 bits per heavy atom. The third-order valence-corrected chi connectivity index (χ3v) is 4.75. The molecular weight excluding hydrogens is 298 g/mol. The van der Waals surface area contributed by atoms with Crippen molar-refractivity contribution in [2.24, 2.45) is 5.92 Å². The lowest BCUT2D eigenvalue weighted by molar-refractivity contribution is -0.131. The first-order chi connectivity index (χ1) is 11.6. The second-order valence-corrected chi connectivity index (χ2v) is 6.55. The highest BCUT2D eigenvalue weighted by Gasteiger charge is 2.27. The Labute approximate surface area is 143 Å². The Hall–Kier alpha value is -2.42. The van der Waals surface area contributed by atoms with Gasteiger partial charge in [0.05, 0.1) is 6.42 Å². The molecule has 0 atom stereocenters. The SMILES string of the molecule is Cc1ccc(CC(=O)N2CCC(C(=O)c3ccccc3)CC2)cc1. The van der Waals surface area contributed by atoms with Gasteiger partial charge in [-0.05, 0) is 25.3 Å². The highest BCUT2D eigenvalue weighted by molar-refractivity contribution is 5.98. The van der Waals surface area contributed by atoms with Gasteiger partial charge in [0.2, 0.25) is 5.91 Å². The van der Waals surface area contributed by atoms with Crippen molar-refractivity contribution in [1.82, 2.24) is 4.90 Å². The summed E-state index contributed by atoms with van der Waals surface area (Å²) in [6, 6.07) is 17.6. The number of carbonyl (C=O) groups is 2. The fourth-order valence-corrected chi connectivity index (χ4v) is 3.22. The minimum Gasteiger partial charge on any atom is -0.342 e. The van der Waals surface area contributed by atoms with Crippen molar-refractivity contribution in [1.29, 1.82) is 0 Å². The van der Waals surface area contributed by atoms with E-state index in [9.17, 15) is 9.59 Å². The third kappa shape index (κ3) is 3.91. The first-order valence-electron chi connectivity index (χ1n) is 8.56. The summed E-state index contributed by atoms with van der Waals surface area (Å²) in [4.78, 5) is 26.8. The largest absolute Gasteiger partial charge is 0.342 e. The van der Waals surface area contributed by atoms with Crippen molar-refractivity contribution < 1.29 is 9.59 Å². The van der Waals surface area contributed by atoms with Crippen molar-refractivity contribution >= 4 is 11.7 Å². The fourth-order valence-electron chi connectivity index (χ4n) is 3.22. The van der Waals surface area contributed by atoms with Crippen LogP contribution in [0.15, 0.2) is 54.6 Å². The van der Waals surface area contributed by atoms with Crippen LogP contribution in [-0.2, 0) is 11.2 Å². The zero-order chi connectivity index (χ0) is 16.9. The molecule has 3 nitrogen and oxygen atoms in total. The molecule has 0 aliphatic carbocycles. The average Bonchev–Trinajstić information content (AvgIpc) is 2.64. The van der Waals surface area contributed by atoms with E-state index < -0.39 is 0 Å². The number of benzene rings is 2. The first-order valence-corrected chi connectivity index (χ1v) is 8.56. The van der Waals surface area contributed by atoms with E-state index in [1.807, 2.05) is 66.4 Å². The van der Waals surface area contributed by atoms with Crippen molar-refractivity contribution in [2.45, 2.75) is 26.2 Å². The van der Waals surface area contributed by atoms with Crippen LogP contribution in [0.3, 0.4) is 0 Å². The van der Waals surface area contributed by atoms with Crippen molar-refractivity contribution in [3.63, 3.8) is 0 Å². The number of hydrogen-bond donors (Lipinski definition) is 0. The monoisotopic (exact) mass is 321 g/mol. The normalized spacial score (nSPS) is 15.3. The van der Waals surface area contributed by atoms with Crippen LogP contribution >= 0.6 is 0 Å². The fraction of sp³-hybridized carbons (Fsp3) is 0.333. The topological polar surface area (TPSA) is 37.4 Å². The second kappa shape index (κ2) is 7.43. The average molecular weight is 321 g/mol. The number of rotatable bonds is 4. The van der Waals surface area contributed by atoms with E-state index in [0.29, 0.717) is 19.5 Å². The molecule has 3 rings (SSSR count). The van der Waals surface area contributed by atoms with E-state index in [1.165, 1.54) is 5.56 Å². The molecule has 1 saturated heterocycles. The van der Waals surface area contributed by atoms with Crippen LogP contribution < -0.4 is 0 Å². The number of aryl methyl sites for hydroxylation is 1. The number of hydrogen-bond acceptors (Lipinski definition) is 2. The highest BCUT2D eigenvalue weighted by Crippen LogP contribution is 2.22. The number of likely N-dealkylation sites (tertiary alicyclic amines) is 1. The molecule has 0 radical (unpaired) electrons. The minimum atomic E-state index is 0.0378. The van der Waals surface area contributed by atoms with Crippen LogP contribution in [0.4, 0.5) is 0 Å². The van der Waals surface area contributed by atoms with Gasteiger partial charge in [0, 0.05) is 24.6 Å². The first kappa shape index (κ1) is 16.4. The number of nitrogens with zero attached hydrogens (tertiary/aromatic N) is 1. The van der Waals surface area contributed by atoms with Gasteiger partial charge in [-0.3, -0.25) is 9.59 Å². The molecule has 0 N–H and O–H groups in total. The standard InChI is InChI=1S/C21H23NO2/c1-16-7-9-17(10-8-16)15-20(23)22-13-11-19(12-14-22)21(24)18-5-3-2-4-6-18/h2-10,19H,11-15H2,1H3. The van der Waals surface area contributed by atoms with Gasteiger partial charge < -0.3 is 4.90 Å². The van der Waals surface area contributed by atoms with Crippen LogP contribution in [0, 0.1) is 12.8 Å². The quantitative estimate of drug-likeness (QED) is 0.806. The number of piperidine rings is 1. The molecule has 124 valence electrons. The van der Waals surface area contributed by atoms with Gasteiger partial charge in [-0.25, -0.2) is 0 Å². The molecule has 0 spiro atoms. The van der Waals surface area contributed by atoms with Gasteiger partial charge >= 0.3 is 0 Å². The van der Waals surface area contributed by atoms with Gasteiger partial charge in [-0.15, -0.1) is 0 Å². The molecule has 0 aromatic heterocycles. The lowest BCUT2D eigenvalue weighted by atomic mass is 9.88. The summed E-state index contributed by atoms with van der Waals surface area (Å²) in [7, 11) is 0. The second-order valence-electron chi connectivity index (χ2n) is 6.55. The Morgan fingerprint density at radius 1 is 0.958 bits per heavy atom. The van der Waals surface area contributed by atoms with Crippen LogP contribution in [0.2, 0.25) is 0 Å². The molecule has 1 heterocycles. The van der Waals surface area contributed by atoms with Crippen molar-refractivity contribution in [2.75, 3.05) is 13.1 Å². The van der Waals surface area contributed by atoms with Crippen LogP contribution in [0.1, 0.15) is 34.3 Å². The van der Waals surface area contributed by atoms with E-state index in [0.717, 1.165) is 24.0 Å². The predicted octanol–water partition coefficient (Wildman–Crippen LogP) is 3.66. The van der Waals surface area contributed by atoms with E-state index in [-0.39, 0.29) is 17.6 Å². The third-order valence-electron chi connectivity index (χ3n) is 4.75. The Kier molecular flexibility index (Phi) is 5.09. The molecule has 2 aromatic carbocycles. The van der Waals surface area contributed by atoms with Crippen molar-refractivity contribution in [3.8, 4) is 0 Å². The Balaban J connectivity index is 1.54. The Bertz CT molecular complexity index is 698. The van der Waals surface area contributed by atoms with Crippen LogP contribution in [0.25, 0.3) is 0 Å². The smallest absolute Gasteiger partial charge is 0.226 e. The summed E-state index contributed by atoms with van der Waals surface area (Å²) in [6.07, 6.45) is 1.96. The zero-order valence-corrected chi connectivity index (χ0v) is 14.1. The molecule has 0 saturated carbocycles. The molecule has 1 fully saturated rings.